The number of hydrogen-bond acceptors (Lipinski definition) is 6. The molecule has 0 amide bonds. The van der Waals surface area contributed by atoms with Crippen LogP contribution in [-0.4, -0.2) is 35.1 Å². The summed E-state index contributed by atoms with van der Waals surface area (Å²) in [6.07, 6.45) is -0.833. The van der Waals surface area contributed by atoms with Gasteiger partial charge in [-0.05, 0) is 70.8 Å². The zero-order valence-electron chi connectivity index (χ0n) is 27.6. The van der Waals surface area contributed by atoms with Gasteiger partial charge in [-0.3, -0.25) is 9.80 Å². The van der Waals surface area contributed by atoms with Crippen LogP contribution in [0, 0.1) is 0 Å². The Bertz CT molecular complexity index is 1440. The Morgan fingerprint density at radius 2 is 0.776 bits per heavy atom. The molecular weight excluding hydrogens is 785 g/mol. The minimum Gasteiger partial charge on any atom is -0.871 e. The fourth-order valence-corrected chi connectivity index (χ4v) is 5.67. The quantitative estimate of drug-likeness (QED) is 0.143. The SMILES string of the molecule is CC(C)[O-].CC(C)[O-].[O-]c1c(Cl)cc(Cl)cc1CN(CCN(Cc1ccc(Cl)cc1)Cc1cc(Cl)cc(Cl)c1[O-])Cc1ccc(Cl)cc1.[Ti+4]. The predicted molar refractivity (Wildman–Crippen MR) is 193 cm³/mol. The van der Waals surface area contributed by atoms with Crippen molar-refractivity contribution in [3.8, 4) is 11.5 Å². The number of nitrogens with zero attached hydrogens (tertiary/aromatic N) is 2. The van der Waals surface area contributed by atoms with Gasteiger partial charge in [-0.15, -0.1) is 12.2 Å². The Balaban J connectivity index is 0.00000120. The van der Waals surface area contributed by atoms with Crippen LogP contribution in [0.5, 0.6) is 11.5 Å². The summed E-state index contributed by atoms with van der Waals surface area (Å²) < 4.78 is 0. The second kappa shape index (κ2) is 23.4. The summed E-state index contributed by atoms with van der Waals surface area (Å²) in [6.45, 7) is 9.31. The Morgan fingerprint density at radius 1 is 0.490 bits per heavy atom. The minimum absolute atomic E-state index is 0. The third kappa shape index (κ3) is 18.2. The maximum Gasteiger partial charge on any atom is 4.00 e. The zero-order chi connectivity index (χ0) is 36.0. The molecule has 0 spiro atoms. The molecule has 0 fully saturated rings. The van der Waals surface area contributed by atoms with Gasteiger partial charge in [-0.1, -0.05) is 133 Å². The molecule has 4 aromatic rings. The van der Waals surface area contributed by atoms with E-state index < -0.39 is 12.2 Å². The van der Waals surface area contributed by atoms with Crippen molar-refractivity contribution < 1.29 is 42.1 Å². The van der Waals surface area contributed by atoms with E-state index in [-0.39, 0.29) is 43.3 Å². The Morgan fingerprint density at radius 3 is 1.06 bits per heavy atom. The average Bonchev–Trinajstić information content (AvgIpc) is 2.98. The Kier molecular flexibility index (Phi) is 21.8. The van der Waals surface area contributed by atoms with E-state index >= 15 is 0 Å². The van der Waals surface area contributed by atoms with Crippen molar-refractivity contribution in [3.63, 3.8) is 0 Å². The second-order valence-electron chi connectivity index (χ2n) is 11.5. The van der Waals surface area contributed by atoms with E-state index in [4.69, 9.17) is 69.6 Å². The molecule has 0 aromatic heterocycles. The molecule has 0 bridgehead atoms. The first-order valence-corrected chi connectivity index (χ1v) is 17.4. The molecule has 0 aliphatic heterocycles. The molecule has 6 nitrogen and oxygen atoms in total. The normalized spacial score (nSPS) is 10.9. The zero-order valence-corrected chi connectivity index (χ0v) is 33.7. The van der Waals surface area contributed by atoms with Crippen molar-refractivity contribution in [2.75, 3.05) is 13.1 Å². The fraction of sp³-hybridized carbons (Fsp3) is 0.333. The van der Waals surface area contributed by atoms with Gasteiger partial charge in [0.1, 0.15) is 0 Å². The third-order valence-corrected chi connectivity index (χ3v) is 7.83. The summed E-state index contributed by atoms with van der Waals surface area (Å²) in [4.78, 5) is 4.26. The molecule has 4 rings (SSSR count). The summed E-state index contributed by atoms with van der Waals surface area (Å²) in [7, 11) is 0. The molecular formula is C36H38Cl6N2O4Ti. The smallest absolute Gasteiger partial charge is 0.871 e. The van der Waals surface area contributed by atoms with Crippen LogP contribution in [0.15, 0.2) is 72.8 Å². The van der Waals surface area contributed by atoms with E-state index in [1.165, 1.54) is 12.1 Å². The molecule has 13 heteroatoms. The number of halogens is 6. The van der Waals surface area contributed by atoms with Gasteiger partial charge in [0, 0.05) is 69.4 Å². The van der Waals surface area contributed by atoms with Gasteiger partial charge >= 0.3 is 21.7 Å². The van der Waals surface area contributed by atoms with Crippen molar-refractivity contribution in [1.29, 1.82) is 0 Å². The van der Waals surface area contributed by atoms with Gasteiger partial charge < -0.3 is 20.4 Å². The van der Waals surface area contributed by atoms with Crippen molar-refractivity contribution >= 4 is 69.6 Å². The van der Waals surface area contributed by atoms with E-state index in [1.807, 2.05) is 48.5 Å². The molecule has 0 heterocycles. The van der Waals surface area contributed by atoms with Crippen LogP contribution in [-0.2, 0) is 47.9 Å². The summed E-state index contributed by atoms with van der Waals surface area (Å²) in [5, 5.41) is 46.9. The molecule has 49 heavy (non-hydrogen) atoms. The topological polar surface area (TPSA) is 98.7 Å². The molecule has 0 aliphatic carbocycles. The van der Waals surface area contributed by atoms with Crippen molar-refractivity contribution in [2.45, 2.75) is 66.1 Å². The van der Waals surface area contributed by atoms with Crippen LogP contribution < -0.4 is 20.4 Å². The average molecular weight is 823 g/mol. The number of hydrogen-bond donors (Lipinski definition) is 0. The first-order valence-electron chi connectivity index (χ1n) is 15.1. The first-order chi connectivity index (χ1) is 22.5. The molecule has 4 aromatic carbocycles. The molecule has 0 saturated heterocycles. The molecule has 0 unspecified atom stereocenters. The maximum absolute atomic E-state index is 12.8. The van der Waals surface area contributed by atoms with Crippen molar-refractivity contribution in [1.82, 2.24) is 9.80 Å². The maximum atomic E-state index is 12.8. The summed E-state index contributed by atoms with van der Waals surface area (Å²) >= 11 is 36.9. The van der Waals surface area contributed by atoms with Gasteiger partial charge in [0.2, 0.25) is 0 Å². The predicted octanol–water partition coefficient (Wildman–Crippen LogP) is 7.97. The van der Waals surface area contributed by atoms with Gasteiger partial charge in [-0.25, -0.2) is 0 Å². The molecule has 262 valence electrons. The second-order valence-corrected chi connectivity index (χ2v) is 14.1. The van der Waals surface area contributed by atoms with Gasteiger partial charge in [0.15, 0.2) is 0 Å². The van der Waals surface area contributed by atoms with Gasteiger partial charge in [-0.2, -0.15) is 0 Å². The molecule has 0 N–H and O–H groups in total. The number of rotatable bonds is 11. The summed E-state index contributed by atoms with van der Waals surface area (Å²) in [6, 6.07) is 21.3. The van der Waals surface area contributed by atoms with E-state index in [2.05, 4.69) is 9.80 Å². The van der Waals surface area contributed by atoms with Crippen molar-refractivity contribution in [3.05, 3.63) is 125 Å². The Hall–Kier alpha value is -1.23. The molecule has 0 radical (unpaired) electrons. The van der Waals surface area contributed by atoms with Crippen LogP contribution in [0.25, 0.3) is 0 Å². The van der Waals surface area contributed by atoms with Crippen LogP contribution in [0.2, 0.25) is 30.1 Å². The molecule has 0 saturated carbocycles. The van der Waals surface area contributed by atoms with E-state index in [0.717, 1.165) is 11.1 Å². The fourth-order valence-electron chi connectivity index (χ4n) is 4.35. The largest absolute Gasteiger partial charge is 4.00 e. The van der Waals surface area contributed by atoms with Gasteiger partial charge in [0.05, 0.1) is 0 Å². The van der Waals surface area contributed by atoms with Crippen LogP contribution in [0.4, 0.5) is 0 Å². The monoisotopic (exact) mass is 820 g/mol. The third-order valence-electron chi connectivity index (χ3n) is 6.33. The van der Waals surface area contributed by atoms with Crippen LogP contribution in [0.3, 0.4) is 0 Å². The minimum atomic E-state index is -0.417. The summed E-state index contributed by atoms with van der Waals surface area (Å²) in [5.41, 5.74) is 3.05. The van der Waals surface area contributed by atoms with Crippen LogP contribution in [0.1, 0.15) is 49.9 Å². The van der Waals surface area contributed by atoms with E-state index in [9.17, 15) is 20.4 Å². The molecule has 0 aliphatic rings. The standard InChI is InChI=1S/C30H26Cl6N2O2.2C3H7O.Ti/c31-23-5-1-19(2-6-23)15-37(17-21-11-25(33)13-27(35)29(21)39)9-10-38(16-20-3-7-24(32)8-4-20)18-22-12-26(34)14-28(36)30(22)40;2*1-3(2)4;/h1-8,11-14,39-40H,9-10,15-18H2;2*3H,1-2H3;/q;2*-1;+4/p-2. The van der Waals surface area contributed by atoms with E-state index in [0.29, 0.717) is 70.5 Å². The molecule has 0 atom stereocenters. The van der Waals surface area contributed by atoms with Crippen LogP contribution >= 0.6 is 69.6 Å². The first kappa shape index (κ1) is 45.8. The summed E-state index contributed by atoms with van der Waals surface area (Å²) in [5.74, 6) is -0.510. The van der Waals surface area contributed by atoms with E-state index in [1.54, 1.807) is 39.8 Å². The number of benzene rings is 4. The van der Waals surface area contributed by atoms with Crippen molar-refractivity contribution in [2.24, 2.45) is 0 Å². The van der Waals surface area contributed by atoms with Gasteiger partial charge in [0.25, 0.3) is 0 Å². The Labute approximate surface area is 335 Å².